The first-order valence-corrected chi connectivity index (χ1v) is 12.0. The topological polar surface area (TPSA) is 107 Å². The predicted octanol–water partition coefficient (Wildman–Crippen LogP) is 3.52. The number of pyridine rings is 1. The number of aliphatic hydroxyl groups is 1. The fourth-order valence-corrected chi connectivity index (χ4v) is 5.56. The Balaban J connectivity index is 1.80. The van der Waals surface area contributed by atoms with Gasteiger partial charge in [-0.05, 0) is 37.6 Å². The largest absolute Gasteiger partial charge is 0.361 e. The number of nitriles is 1. The normalized spacial score (nSPS) is 17.2. The van der Waals surface area contributed by atoms with Crippen molar-refractivity contribution in [1.82, 2.24) is 15.0 Å². The minimum absolute atomic E-state index is 0.0149. The Kier molecular flexibility index (Phi) is 5.10. The van der Waals surface area contributed by atoms with E-state index in [2.05, 4.69) is 31.7 Å². The maximum absolute atomic E-state index is 14.7. The van der Waals surface area contributed by atoms with Gasteiger partial charge in [-0.25, -0.2) is 14.4 Å². The lowest BCUT2D eigenvalue weighted by atomic mass is 10.1. The van der Waals surface area contributed by atoms with Gasteiger partial charge < -0.3 is 15.7 Å². The first kappa shape index (κ1) is 20.1. The molecule has 1 aliphatic rings. The molecule has 0 bridgehead atoms. The highest BCUT2D eigenvalue weighted by atomic mass is 31.2. The molecule has 1 aliphatic heterocycles. The van der Waals surface area contributed by atoms with Crippen molar-refractivity contribution in [3.8, 4) is 17.3 Å². The Bertz CT molecular complexity index is 1190. The lowest BCUT2D eigenvalue weighted by Crippen LogP contribution is -2.12. The number of anilines is 3. The number of hydrogen-bond acceptors (Lipinski definition) is 7. The van der Waals surface area contributed by atoms with Crippen LogP contribution >= 0.6 is 7.26 Å². The van der Waals surface area contributed by atoms with Crippen LogP contribution in [0.15, 0.2) is 30.6 Å². The van der Waals surface area contributed by atoms with Crippen LogP contribution in [0.25, 0.3) is 11.3 Å². The fourth-order valence-electron chi connectivity index (χ4n) is 3.44. The lowest BCUT2D eigenvalue weighted by molar-refractivity contribution is 0.369. The van der Waals surface area contributed by atoms with E-state index in [1.165, 1.54) is 0 Å². The molecule has 0 saturated heterocycles. The molecule has 1 unspecified atom stereocenters. The summed E-state index contributed by atoms with van der Waals surface area (Å²) in [6.45, 7) is 5.80. The van der Waals surface area contributed by atoms with Crippen molar-refractivity contribution in [2.75, 3.05) is 29.9 Å². The molecule has 0 fully saturated rings. The molecule has 2 aromatic heterocycles. The molecule has 0 radical (unpaired) electrons. The molecule has 0 aliphatic carbocycles. The van der Waals surface area contributed by atoms with Crippen LogP contribution < -0.4 is 15.9 Å². The molecule has 4 rings (SSSR count). The van der Waals surface area contributed by atoms with E-state index < -0.39 is 13.1 Å². The zero-order valence-electron chi connectivity index (χ0n) is 16.9. The number of rotatable bonds is 4. The number of aryl methyl sites for hydroxylation is 2. The van der Waals surface area contributed by atoms with Crippen LogP contribution in [-0.4, -0.2) is 39.4 Å². The highest BCUT2D eigenvalue weighted by Crippen LogP contribution is 2.58. The summed E-state index contributed by atoms with van der Waals surface area (Å²) in [7, 11) is -1.87. The molecular weight excluding hydrogens is 402 g/mol. The minimum Gasteiger partial charge on any atom is -0.361 e. The average molecular weight is 423 g/mol. The third-order valence-corrected chi connectivity index (χ3v) is 8.24. The molecule has 0 amide bonds. The van der Waals surface area contributed by atoms with Gasteiger partial charge >= 0.3 is 0 Å². The van der Waals surface area contributed by atoms with Crippen LogP contribution in [0.1, 0.15) is 16.8 Å². The van der Waals surface area contributed by atoms with Crippen LogP contribution in [0.5, 0.6) is 0 Å². The number of nitrogens with one attached hydrogen (secondary N) is 2. The molecule has 30 heavy (non-hydrogen) atoms. The molecular formula is C21H21FN6OP+. The first-order chi connectivity index (χ1) is 14.3. The molecule has 9 heteroatoms. The predicted molar refractivity (Wildman–Crippen MR) is 117 cm³/mol. The van der Waals surface area contributed by atoms with E-state index in [4.69, 9.17) is 0 Å². The van der Waals surface area contributed by atoms with Gasteiger partial charge in [0.15, 0.2) is 12.2 Å². The molecule has 3 aromatic rings. The average Bonchev–Trinajstić information content (AvgIpc) is 3.09. The SMILES string of the molecule is Cc1cc(Nc2ncc(F)c(-c3cc(C#N)c4c(c3)[P+](C)(CO)CN4)n2)c(C)cn1. The van der Waals surface area contributed by atoms with Gasteiger partial charge in [0.05, 0.1) is 31.4 Å². The zero-order chi connectivity index (χ0) is 21.5. The summed E-state index contributed by atoms with van der Waals surface area (Å²) in [6, 6.07) is 7.49. The second-order valence-electron chi connectivity index (χ2n) is 7.56. The van der Waals surface area contributed by atoms with Crippen LogP contribution in [0.4, 0.5) is 21.7 Å². The van der Waals surface area contributed by atoms with E-state index in [1.807, 2.05) is 32.6 Å². The fraction of sp³-hybridized carbons (Fsp3) is 0.238. The molecule has 152 valence electrons. The van der Waals surface area contributed by atoms with Crippen LogP contribution in [-0.2, 0) is 0 Å². The molecule has 0 saturated carbocycles. The quantitative estimate of drug-likeness (QED) is 0.551. The summed E-state index contributed by atoms with van der Waals surface area (Å²) in [5.41, 5.74) is 4.26. The number of hydrogen-bond donors (Lipinski definition) is 3. The Morgan fingerprint density at radius 1 is 1.27 bits per heavy atom. The third-order valence-electron chi connectivity index (χ3n) is 5.24. The number of aliphatic hydroxyl groups excluding tert-OH is 1. The van der Waals surface area contributed by atoms with Gasteiger partial charge in [0.1, 0.15) is 23.4 Å². The maximum atomic E-state index is 14.7. The Morgan fingerprint density at radius 3 is 2.80 bits per heavy atom. The maximum Gasteiger partial charge on any atom is 0.227 e. The van der Waals surface area contributed by atoms with Crippen LogP contribution in [0.3, 0.4) is 0 Å². The molecule has 1 aromatic carbocycles. The van der Waals surface area contributed by atoms with Gasteiger partial charge in [0, 0.05) is 23.1 Å². The summed E-state index contributed by atoms with van der Waals surface area (Å²) in [6.07, 6.45) is 3.48. The molecule has 1 atom stereocenters. The monoisotopic (exact) mass is 423 g/mol. The number of aromatic nitrogens is 3. The molecule has 3 heterocycles. The summed E-state index contributed by atoms with van der Waals surface area (Å²) >= 11 is 0. The van der Waals surface area contributed by atoms with Gasteiger partial charge in [-0.15, -0.1) is 0 Å². The summed E-state index contributed by atoms with van der Waals surface area (Å²) in [5.74, 6) is -0.334. The van der Waals surface area contributed by atoms with E-state index in [-0.39, 0.29) is 18.0 Å². The summed E-state index contributed by atoms with van der Waals surface area (Å²) < 4.78 is 14.7. The highest BCUT2D eigenvalue weighted by Gasteiger charge is 2.43. The lowest BCUT2D eigenvalue weighted by Gasteiger charge is -2.14. The van der Waals surface area contributed by atoms with Crippen molar-refractivity contribution in [2.24, 2.45) is 0 Å². The van der Waals surface area contributed by atoms with Crippen LogP contribution in [0.2, 0.25) is 0 Å². The van der Waals surface area contributed by atoms with Crippen molar-refractivity contribution < 1.29 is 9.50 Å². The summed E-state index contributed by atoms with van der Waals surface area (Å²) in [4.78, 5) is 12.7. The molecule has 3 N–H and O–H groups in total. The van der Waals surface area contributed by atoms with Gasteiger partial charge in [-0.3, -0.25) is 4.98 Å². The Morgan fingerprint density at radius 2 is 2.07 bits per heavy atom. The van der Waals surface area contributed by atoms with E-state index in [0.29, 0.717) is 17.4 Å². The standard InChI is InChI=1S/C21H21FN6OP/c1-12-8-24-13(2)4-17(12)27-21-25-9-16(22)19(28-21)14-5-15(7-23)20-18(6-14)30(3,11-29)10-26-20/h4-6,8-9,26,29H,10-11H2,1-3H3,(H,24,25,27,28)/q+1. The second-order valence-corrected chi connectivity index (χ2v) is 11.4. The third kappa shape index (κ3) is 3.47. The van der Waals surface area contributed by atoms with Crippen molar-refractivity contribution in [3.05, 3.63) is 53.2 Å². The van der Waals surface area contributed by atoms with E-state index in [1.54, 1.807) is 12.3 Å². The number of benzene rings is 1. The van der Waals surface area contributed by atoms with E-state index >= 15 is 0 Å². The molecule has 7 nitrogen and oxygen atoms in total. The first-order valence-electron chi connectivity index (χ1n) is 9.36. The van der Waals surface area contributed by atoms with Crippen molar-refractivity contribution in [3.63, 3.8) is 0 Å². The Hall–Kier alpha value is -3.14. The number of fused-ring (bicyclic) bond motifs is 1. The number of halogens is 1. The van der Waals surface area contributed by atoms with Gasteiger partial charge in [0.25, 0.3) is 0 Å². The van der Waals surface area contributed by atoms with E-state index in [9.17, 15) is 14.8 Å². The summed E-state index contributed by atoms with van der Waals surface area (Å²) in [5, 5.41) is 26.8. The van der Waals surface area contributed by atoms with Gasteiger partial charge in [-0.1, -0.05) is 0 Å². The van der Waals surface area contributed by atoms with Gasteiger partial charge in [-0.2, -0.15) is 5.26 Å². The van der Waals surface area contributed by atoms with Crippen molar-refractivity contribution in [1.29, 1.82) is 5.26 Å². The van der Waals surface area contributed by atoms with Crippen molar-refractivity contribution in [2.45, 2.75) is 13.8 Å². The Labute approximate surface area is 174 Å². The second kappa shape index (κ2) is 7.60. The van der Waals surface area contributed by atoms with Crippen LogP contribution in [0, 0.1) is 31.0 Å². The van der Waals surface area contributed by atoms with Crippen molar-refractivity contribution >= 4 is 29.9 Å². The molecule has 0 spiro atoms. The zero-order valence-corrected chi connectivity index (χ0v) is 17.8. The highest BCUT2D eigenvalue weighted by molar-refractivity contribution is 7.83. The smallest absolute Gasteiger partial charge is 0.227 e. The van der Waals surface area contributed by atoms with E-state index in [0.717, 1.165) is 34.1 Å². The number of nitrogens with zero attached hydrogens (tertiary/aromatic N) is 4. The minimum atomic E-state index is -1.87. The van der Waals surface area contributed by atoms with Gasteiger partial charge in [0.2, 0.25) is 5.95 Å².